The summed E-state index contributed by atoms with van der Waals surface area (Å²) in [5.74, 6) is 1.15. The average molecular weight is 408 g/mol. The summed E-state index contributed by atoms with van der Waals surface area (Å²) in [5, 5.41) is 12.6. The van der Waals surface area contributed by atoms with Crippen molar-refractivity contribution < 1.29 is 4.79 Å². The molecule has 0 bridgehead atoms. The van der Waals surface area contributed by atoms with Crippen LogP contribution in [0.5, 0.6) is 0 Å². The van der Waals surface area contributed by atoms with Crippen LogP contribution in [0.4, 0.5) is 5.69 Å². The van der Waals surface area contributed by atoms with E-state index in [0.717, 1.165) is 47.6 Å². The SMILES string of the molecule is Cc1ccccc1NC(=O)CSc1nnc(CN2CCCC2)n1-c1ccccc1. The highest BCUT2D eigenvalue weighted by Gasteiger charge is 2.20. The van der Waals surface area contributed by atoms with Gasteiger partial charge in [-0.15, -0.1) is 10.2 Å². The lowest BCUT2D eigenvalue weighted by Crippen LogP contribution is -2.21. The quantitative estimate of drug-likeness (QED) is 0.602. The molecule has 4 rings (SSSR count). The van der Waals surface area contributed by atoms with E-state index in [0.29, 0.717) is 0 Å². The summed E-state index contributed by atoms with van der Waals surface area (Å²) < 4.78 is 2.07. The lowest BCUT2D eigenvalue weighted by Gasteiger charge is -2.16. The second-order valence-corrected chi connectivity index (χ2v) is 8.15. The predicted molar refractivity (Wildman–Crippen MR) is 116 cm³/mol. The normalized spacial score (nSPS) is 14.2. The van der Waals surface area contributed by atoms with Crippen molar-refractivity contribution in [2.45, 2.75) is 31.5 Å². The number of carbonyl (C=O) groups excluding carboxylic acids is 1. The number of likely N-dealkylation sites (tertiary alicyclic amines) is 1. The fourth-order valence-electron chi connectivity index (χ4n) is 3.50. The molecule has 1 aliphatic heterocycles. The highest BCUT2D eigenvalue weighted by atomic mass is 32.2. The molecule has 3 aromatic rings. The highest BCUT2D eigenvalue weighted by molar-refractivity contribution is 7.99. The molecule has 1 saturated heterocycles. The van der Waals surface area contributed by atoms with Gasteiger partial charge in [-0.25, -0.2) is 0 Å². The molecule has 2 aromatic carbocycles. The first kappa shape index (κ1) is 19.7. The first-order chi connectivity index (χ1) is 14.2. The van der Waals surface area contributed by atoms with Crippen LogP contribution in [-0.4, -0.2) is 44.4 Å². The standard InChI is InChI=1S/C22H25N5OS/c1-17-9-5-6-12-19(17)23-21(28)16-29-22-25-24-20(15-26-13-7-8-14-26)27(22)18-10-3-2-4-11-18/h2-6,9-12H,7-8,13-16H2,1H3,(H,23,28). The molecule has 0 radical (unpaired) electrons. The number of para-hydroxylation sites is 2. The Morgan fingerprint density at radius 3 is 2.52 bits per heavy atom. The number of amides is 1. The first-order valence-electron chi connectivity index (χ1n) is 9.91. The van der Waals surface area contributed by atoms with Crippen molar-refractivity contribution in [1.82, 2.24) is 19.7 Å². The molecular weight excluding hydrogens is 382 g/mol. The Morgan fingerprint density at radius 2 is 1.76 bits per heavy atom. The Labute approximate surface area is 175 Å². The molecule has 0 aliphatic carbocycles. The second kappa shape index (κ2) is 9.24. The molecule has 0 spiro atoms. The van der Waals surface area contributed by atoms with E-state index in [9.17, 15) is 4.79 Å². The van der Waals surface area contributed by atoms with E-state index in [1.807, 2.05) is 61.5 Å². The monoisotopic (exact) mass is 407 g/mol. The van der Waals surface area contributed by atoms with E-state index >= 15 is 0 Å². The highest BCUT2D eigenvalue weighted by Crippen LogP contribution is 2.24. The van der Waals surface area contributed by atoms with Crippen LogP contribution < -0.4 is 5.32 Å². The van der Waals surface area contributed by atoms with Crippen molar-refractivity contribution in [3.05, 3.63) is 66.0 Å². The third-order valence-corrected chi connectivity index (χ3v) is 5.96. The van der Waals surface area contributed by atoms with Crippen LogP contribution in [0.2, 0.25) is 0 Å². The minimum atomic E-state index is -0.0481. The maximum Gasteiger partial charge on any atom is 0.234 e. The maximum absolute atomic E-state index is 12.5. The van der Waals surface area contributed by atoms with Crippen molar-refractivity contribution in [3.63, 3.8) is 0 Å². The van der Waals surface area contributed by atoms with Gasteiger partial charge in [-0.1, -0.05) is 48.2 Å². The van der Waals surface area contributed by atoms with Gasteiger partial charge in [-0.05, 0) is 56.6 Å². The van der Waals surface area contributed by atoms with Crippen LogP contribution >= 0.6 is 11.8 Å². The van der Waals surface area contributed by atoms with Crippen LogP contribution in [-0.2, 0) is 11.3 Å². The molecule has 7 heteroatoms. The predicted octanol–water partition coefficient (Wildman–Crippen LogP) is 3.90. The summed E-state index contributed by atoms with van der Waals surface area (Å²) >= 11 is 1.41. The lowest BCUT2D eigenvalue weighted by atomic mass is 10.2. The third-order valence-electron chi connectivity index (χ3n) is 5.03. The van der Waals surface area contributed by atoms with Crippen molar-refractivity contribution in [2.24, 2.45) is 0 Å². The van der Waals surface area contributed by atoms with Crippen molar-refractivity contribution in [1.29, 1.82) is 0 Å². The van der Waals surface area contributed by atoms with Crippen molar-refractivity contribution >= 4 is 23.4 Å². The van der Waals surface area contributed by atoms with Crippen LogP contribution in [0.1, 0.15) is 24.2 Å². The summed E-state index contributed by atoms with van der Waals surface area (Å²) in [6, 6.07) is 17.9. The van der Waals surface area contributed by atoms with Gasteiger partial charge < -0.3 is 5.32 Å². The van der Waals surface area contributed by atoms with Gasteiger partial charge in [0.1, 0.15) is 0 Å². The Bertz CT molecular complexity index is 966. The summed E-state index contributed by atoms with van der Waals surface area (Å²) in [7, 11) is 0. The molecule has 1 N–H and O–H groups in total. The number of aromatic nitrogens is 3. The number of carbonyl (C=O) groups is 1. The maximum atomic E-state index is 12.5. The second-order valence-electron chi connectivity index (χ2n) is 7.20. The van der Waals surface area contributed by atoms with Gasteiger partial charge in [-0.2, -0.15) is 0 Å². The van der Waals surface area contributed by atoms with Crippen molar-refractivity contribution in [2.75, 3.05) is 24.2 Å². The van der Waals surface area contributed by atoms with Gasteiger partial charge in [0.05, 0.1) is 12.3 Å². The molecular formula is C22H25N5OS. The number of anilines is 1. The molecule has 0 saturated carbocycles. The average Bonchev–Trinajstić information content (AvgIpc) is 3.39. The van der Waals surface area contributed by atoms with E-state index in [4.69, 9.17) is 0 Å². The molecule has 6 nitrogen and oxygen atoms in total. The number of hydrogen-bond donors (Lipinski definition) is 1. The summed E-state index contributed by atoms with van der Waals surface area (Å²) in [6.45, 7) is 4.96. The summed E-state index contributed by atoms with van der Waals surface area (Å²) in [4.78, 5) is 14.9. The number of thioether (sulfide) groups is 1. The van der Waals surface area contributed by atoms with Crippen LogP contribution in [0, 0.1) is 6.92 Å². The Kier molecular flexibility index (Phi) is 6.27. The fraction of sp³-hybridized carbons (Fsp3) is 0.318. The smallest absolute Gasteiger partial charge is 0.234 e. The van der Waals surface area contributed by atoms with Gasteiger partial charge >= 0.3 is 0 Å². The molecule has 1 amide bonds. The molecule has 2 heterocycles. The van der Waals surface area contributed by atoms with E-state index in [-0.39, 0.29) is 11.7 Å². The van der Waals surface area contributed by atoms with Gasteiger partial charge in [0.15, 0.2) is 11.0 Å². The Hall–Kier alpha value is -2.64. The van der Waals surface area contributed by atoms with Gasteiger partial charge in [-0.3, -0.25) is 14.3 Å². The number of nitrogens with zero attached hydrogens (tertiary/aromatic N) is 4. The van der Waals surface area contributed by atoms with Crippen molar-refractivity contribution in [3.8, 4) is 5.69 Å². The number of aryl methyl sites for hydroxylation is 1. The van der Waals surface area contributed by atoms with E-state index < -0.39 is 0 Å². The number of hydrogen-bond acceptors (Lipinski definition) is 5. The van der Waals surface area contributed by atoms with E-state index in [1.54, 1.807) is 0 Å². The fourth-order valence-corrected chi connectivity index (χ4v) is 4.27. The zero-order valence-electron chi connectivity index (χ0n) is 16.5. The Balaban J connectivity index is 1.50. The van der Waals surface area contributed by atoms with Gasteiger partial charge in [0, 0.05) is 11.4 Å². The number of benzene rings is 2. The molecule has 1 aromatic heterocycles. The van der Waals surface area contributed by atoms with Gasteiger partial charge in [0.25, 0.3) is 0 Å². The molecule has 1 aliphatic rings. The zero-order chi connectivity index (χ0) is 20.1. The molecule has 0 atom stereocenters. The third kappa shape index (κ3) is 4.86. The van der Waals surface area contributed by atoms with Gasteiger partial charge in [0.2, 0.25) is 5.91 Å². The Morgan fingerprint density at radius 1 is 1.03 bits per heavy atom. The number of rotatable bonds is 7. The molecule has 0 unspecified atom stereocenters. The minimum absolute atomic E-state index is 0.0481. The minimum Gasteiger partial charge on any atom is -0.325 e. The van der Waals surface area contributed by atoms with Crippen LogP contribution in [0.15, 0.2) is 59.8 Å². The van der Waals surface area contributed by atoms with E-state index in [2.05, 4.69) is 25.0 Å². The largest absolute Gasteiger partial charge is 0.325 e. The molecule has 29 heavy (non-hydrogen) atoms. The topological polar surface area (TPSA) is 63.1 Å². The zero-order valence-corrected chi connectivity index (χ0v) is 17.4. The molecule has 1 fully saturated rings. The first-order valence-corrected chi connectivity index (χ1v) is 10.9. The van der Waals surface area contributed by atoms with E-state index in [1.165, 1.54) is 24.6 Å². The summed E-state index contributed by atoms with van der Waals surface area (Å²) in [6.07, 6.45) is 2.47. The summed E-state index contributed by atoms with van der Waals surface area (Å²) in [5.41, 5.74) is 2.91. The number of nitrogens with one attached hydrogen (secondary N) is 1. The lowest BCUT2D eigenvalue weighted by molar-refractivity contribution is -0.113. The van der Waals surface area contributed by atoms with Crippen LogP contribution in [0.25, 0.3) is 5.69 Å². The molecule has 150 valence electrons. The van der Waals surface area contributed by atoms with Crippen LogP contribution in [0.3, 0.4) is 0 Å².